The molecule has 0 N–H and O–H groups in total. The second kappa shape index (κ2) is 7.53. The van der Waals surface area contributed by atoms with Gasteiger partial charge in [-0.25, -0.2) is 0 Å². The molecule has 1 atom stereocenters. The third kappa shape index (κ3) is 4.09. The zero-order valence-corrected chi connectivity index (χ0v) is 16.2. The van der Waals surface area contributed by atoms with Crippen LogP contribution in [0.1, 0.15) is 51.7 Å². The summed E-state index contributed by atoms with van der Waals surface area (Å²) in [5, 5.41) is 0. The van der Waals surface area contributed by atoms with Gasteiger partial charge < -0.3 is 9.47 Å². The Morgan fingerprint density at radius 3 is 2.69 bits per heavy atom. The quantitative estimate of drug-likeness (QED) is 0.678. The maximum absolute atomic E-state index is 10.9. The highest BCUT2D eigenvalue weighted by atomic mass is 16.5. The van der Waals surface area contributed by atoms with E-state index in [-0.39, 0.29) is 11.4 Å². The van der Waals surface area contributed by atoms with Crippen molar-refractivity contribution < 1.29 is 14.3 Å². The molecule has 3 heteroatoms. The molecule has 0 bridgehead atoms. The molecule has 1 unspecified atom stereocenters. The van der Waals surface area contributed by atoms with Crippen LogP contribution >= 0.6 is 0 Å². The number of ether oxygens (including phenoxy) is 2. The second-order valence-corrected chi connectivity index (χ2v) is 7.93. The molecule has 1 aromatic carbocycles. The van der Waals surface area contributed by atoms with Crippen LogP contribution in [0.2, 0.25) is 0 Å². The molecule has 1 aliphatic carbocycles. The number of rotatable bonds is 4. The van der Waals surface area contributed by atoms with Crippen LogP contribution in [-0.4, -0.2) is 12.6 Å². The third-order valence-electron chi connectivity index (χ3n) is 5.54. The Balaban J connectivity index is 1.79. The Kier molecular flexibility index (Phi) is 5.36. The van der Waals surface area contributed by atoms with Crippen molar-refractivity contribution >= 4 is 12.0 Å². The first-order chi connectivity index (χ1) is 12.4. The van der Waals surface area contributed by atoms with Crippen LogP contribution in [0.3, 0.4) is 0 Å². The first-order valence-electron chi connectivity index (χ1n) is 9.29. The van der Waals surface area contributed by atoms with Crippen molar-refractivity contribution in [3.05, 3.63) is 64.4 Å². The van der Waals surface area contributed by atoms with E-state index >= 15 is 0 Å². The van der Waals surface area contributed by atoms with Crippen LogP contribution in [0.5, 0.6) is 0 Å². The highest BCUT2D eigenvalue weighted by Gasteiger charge is 2.35. The molecular weight excluding hydrogens is 324 g/mol. The van der Waals surface area contributed by atoms with E-state index in [1.165, 1.54) is 42.0 Å². The van der Waals surface area contributed by atoms with Gasteiger partial charge in [-0.1, -0.05) is 49.8 Å². The predicted octanol–water partition coefficient (Wildman–Crippen LogP) is 5.43. The molecule has 0 saturated carbocycles. The van der Waals surface area contributed by atoms with Crippen molar-refractivity contribution in [2.45, 2.75) is 47.1 Å². The first-order valence-corrected chi connectivity index (χ1v) is 9.29. The SMILES string of the molecule is CC(=O)OCc1ccc(C=C(C)C2CCC(C)(C)C3=C2C=COC3)cc1. The zero-order valence-electron chi connectivity index (χ0n) is 16.2. The number of hydrogen-bond donors (Lipinski definition) is 0. The molecule has 0 fully saturated rings. The Bertz CT molecular complexity index is 763. The molecule has 138 valence electrons. The fourth-order valence-corrected chi connectivity index (χ4v) is 3.89. The Morgan fingerprint density at radius 2 is 2.00 bits per heavy atom. The minimum absolute atomic E-state index is 0.217. The van der Waals surface area contributed by atoms with Crippen molar-refractivity contribution in [2.24, 2.45) is 11.3 Å². The molecule has 0 amide bonds. The summed E-state index contributed by atoms with van der Waals surface area (Å²) in [4.78, 5) is 10.9. The number of hydrogen-bond acceptors (Lipinski definition) is 3. The standard InChI is InChI=1S/C23H28O3/c1-16(13-18-5-7-19(8-6-18)14-26-17(2)24)20-9-11-23(3,4)22-15-25-12-10-21(20)22/h5-8,10,12-13,20H,9,11,14-15H2,1-4H3. The van der Waals surface area contributed by atoms with E-state index in [0.29, 0.717) is 19.1 Å². The van der Waals surface area contributed by atoms with E-state index in [0.717, 1.165) is 5.56 Å². The van der Waals surface area contributed by atoms with Gasteiger partial charge in [-0.15, -0.1) is 0 Å². The summed E-state index contributed by atoms with van der Waals surface area (Å²) in [5.74, 6) is 0.206. The van der Waals surface area contributed by atoms with Crippen molar-refractivity contribution in [1.29, 1.82) is 0 Å². The third-order valence-corrected chi connectivity index (χ3v) is 5.54. The van der Waals surface area contributed by atoms with Crippen molar-refractivity contribution in [1.82, 2.24) is 0 Å². The molecule has 3 nitrogen and oxygen atoms in total. The van der Waals surface area contributed by atoms with Gasteiger partial charge in [0.05, 0.1) is 6.26 Å². The van der Waals surface area contributed by atoms with Crippen molar-refractivity contribution in [2.75, 3.05) is 6.61 Å². The van der Waals surface area contributed by atoms with E-state index < -0.39 is 0 Å². The van der Waals surface area contributed by atoms with Crippen LogP contribution in [0.4, 0.5) is 0 Å². The van der Waals surface area contributed by atoms with Crippen LogP contribution in [0, 0.1) is 11.3 Å². The van der Waals surface area contributed by atoms with Gasteiger partial charge in [0.2, 0.25) is 0 Å². The average molecular weight is 352 g/mol. The van der Waals surface area contributed by atoms with Gasteiger partial charge >= 0.3 is 5.97 Å². The number of allylic oxidation sites excluding steroid dienone is 3. The molecule has 0 aromatic heterocycles. The molecule has 0 radical (unpaired) electrons. The lowest BCUT2D eigenvalue weighted by Gasteiger charge is -2.40. The Morgan fingerprint density at radius 1 is 1.27 bits per heavy atom. The fourth-order valence-electron chi connectivity index (χ4n) is 3.89. The number of carbonyl (C=O) groups excluding carboxylic acids is 1. The predicted molar refractivity (Wildman–Crippen MR) is 104 cm³/mol. The number of benzene rings is 1. The van der Waals surface area contributed by atoms with Gasteiger partial charge in [-0.05, 0) is 53.5 Å². The summed E-state index contributed by atoms with van der Waals surface area (Å²) in [6.07, 6.45) is 8.62. The Hall–Kier alpha value is -2.29. The summed E-state index contributed by atoms with van der Waals surface area (Å²) in [5.41, 5.74) is 6.67. The molecular formula is C23H28O3. The lowest BCUT2D eigenvalue weighted by Crippen LogP contribution is -2.29. The maximum Gasteiger partial charge on any atom is 0.302 e. The smallest absolute Gasteiger partial charge is 0.302 e. The topological polar surface area (TPSA) is 35.5 Å². The monoisotopic (exact) mass is 352 g/mol. The van der Waals surface area contributed by atoms with Gasteiger partial charge in [-0.3, -0.25) is 4.79 Å². The molecule has 2 aliphatic rings. The minimum atomic E-state index is -0.251. The molecule has 3 rings (SSSR count). The van der Waals surface area contributed by atoms with Gasteiger partial charge in [0.25, 0.3) is 0 Å². The summed E-state index contributed by atoms with van der Waals surface area (Å²) in [6, 6.07) is 8.21. The van der Waals surface area contributed by atoms with E-state index in [2.05, 4.69) is 45.1 Å². The van der Waals surface area contributed by atoms with Crippen molar-refractivity contribution in [3.63, 3.8) is 0 Å². The van der Waals surface area contributed by atoms with E-state index in [9.17, 15) is 4.79 Å². The van der Waals surface area contributed by atoms with Crippen LogP contribution in [-0.2, 0) is 20.9 Å². The molecule has 1 aliphatic heterocycles. The highest BCUT2D eigenvalue weighted by molar-refractivity contribution is 5.66. The van der Waals surface area contributed by atoms with E-state index in [4.69, 9.17) is 9.47 Å². The van der Waals surface area contributed by atoms with Gasteiger partial charge in [0.15, 0.2) is 0 Å². The van der Waals surface area contributed by atoms with Crippen LogP contribution < -0.4 is 0 Å². The van der Waals surface area contributed by atoms with E-state index in [1.807, 2.05) is 18.4 Å². The zero-order chi connectivity index (χ0) is 18.7. The van der Waals surface area contributed by atoms with Gasteiger partial charge in [-0.2, -0.15) is 0 Å². The Labute approximate surface area is 156 Å². The van der Waals surface area contributed by atoms with Crippen LogP contribution in [0.15, 0.2) is 53.3 Å². The molecule has 1 heterocycles. The normalized spacial score (nSPS) is 21.8. The highest BCUT2D eigenvalue weighted by Crippen LogP contribution is 2.46. The van der Waals surface area contributed by atoms with Gasteiger partial charge in [0, 0.05) is 12.8 Å². The first kappa shape index (κ1) is 18.5. The summed E-state index contributed by atoms with van der Waals surface area (Å²) < 4.78 is 10.6. The largest absolute Gasteiger partial charge is 0.497 e. The summed E-state index contributed by atoms with van der Waals surface area (Å²) >= 11 is 0. The lowest BCUT2D eigenvalue weighted by atomic mass is 9.66. The molecule has 1 aromatic rings. The van der Waals surface area contributed by atoms with Gasteiger partial charge in [0.1, 0.15) is 13.2 Å². The minimum Gasteiger partial charge on any atom is -0.497 e. The number of esters is 1. The van der Waals surface area contributed by atoms with Crippen LogP contribution in [0.25, 0.3) is 6.08 Å². The molecule has 0 saturated heterocycles. The number of carbonyl (C=O) groups is 1. The lowest BCUT2D eigenvalue weighted by molar-refractivity contribution is -0.142. The fraction of sp³-hybridized carbons (Fsp3) is 0.435. The maximum atomic E-state index is 10.9. The second-order valence-electron chi connectivity index (χ2n) is 7.93. The molecule has 0 spiro atoms. The summed E-state index contributed by atoms with van der Waals surface area (Å²) in [6.45, 7) is 9.34. The van der Waals surface area contributed by atoms with Crippen molar-refractivity contribution in [3.8, 4) is 0 Å². The molecule has 26 heavy (non-hydrogen) atoms. The average Bonchev–Trinajstić information content (AvgIpc) is 2.61. The summed E-state index contributed by atoms with van der Waals surface area (Å²) in [7, 11) is 0. The van der Waals surface area contributed by atoms with E-state index in [1.54, 1.807) is 0 Å².